The molecule has 0 bridgehead atoms. The van der Waals surface area contributed by atoms with Gasteiger partial charge in [0.2, 0.25) is 5.60 Å². The zero-order valence-corrected chi connectivity index (χ0v) is 15.7. The molecule has 2 aliphatic heterocycles. The molecule has 3 heterocycles. The van der Waals surface area contributed by atoms with E-state index in [2.05, 4.69) is 16.8 Å². The molecule has 28 heavy (non-hydrogen) atoms. The van der Waals surface area contributed by atoms with E-state index in [1.165, 1.54) is 4.90 Å². The molecule has 0 spiro atoms. The lowest BCUT2D eigenvalue weighted by molar-refractivity contribution is -0.137. The van der Waals surface area contributed by atoms with Crippen LogP contribution in [-0.2, 0) is 4.79 Å². The Labute approximate surface area is 164 Å². The van der Waals surface area contributed by atoms with Crippen LogP contribution in [0.2, 0.25) is 0 Å². The van der Waals surface area contributed by atoms with E-state index in [4.69, 9.17) is 10.5 Å². The first-order valence-electron chi connectivity index (χ1n) is 8.55. The Bertz CT molecular complexity index is 1050. The summed E-state index contributed by atoms with van der Waals surface area (Å²) in [4.78, 5) is 29.8. The summed E-state index contributed by atoms with van der Waals surface area (Å²) in [6.45, 7) is 0.462. The number of ether oxygens (including phenoxy) is 1. The van der Waals surface area contributed by atoms with Crippen LogP contribution in [0.4, 0.5) is 0 Å². The van der Waals surface area contributed by atoms with Gasteiger partial charge in [0.25, 0.3) is 11.8 Å². The number of aromatic nitrogens is 1. The molecule has 8 nitrogen and oxygen atoms in total. The summed E-state index contributed by atoms with van der Waals surface area (Å²) >= 11 is 1.03. The number of benzene rings is 1. The van der Waals surface area contributed by atoms with E-state index >= 15 is 0 Å². The molecule has 1 unspecified atom stereocenters. The molecule has 2 aromatic rings. The highest BCUT2D eigenvalue weighted by atomic mass is 32.1. The summed E-state index contributed by atoms with van der Waals surface area (Å²) in [5, 5.41) is 20.8. The minimum atomic E-state index is -1.70. The Hall–Kier alpha value is -2.93. The van der Waals surface area contributed by atoms with Crippen molar-refractivity contribution in [3.05, 3.63) is 33.6 Å². The molecule has 4 N–H and O–H groups in total. The number of carbonyl (C=O) groups is 2. The minimum Gasteiger partial charge on any atom is -0.490 e. The number of nitrogens with two attached hydrogens (primary N) is 1. The van der Waals surface area contributed by atoms with Gasteiger partial charge in [-0.1, -0.05) is 11.8 Å². The predicted octanol–water partition coefficient (Wildman–Crippen LogP) is 0.280. The van der Waals surface area contributed by atoms with Gasteiger partial charge >= 0.3 is 0 Å². The maximum Gasteiger partial charge on any atom is 0.277 e. The van der Waals surface area contributed by atoms with Crippen molar-refractivity contribution in [1.29, 1.82) is 0 Å². The van der Waals surface area contributed by atoms with Gasteiger partial charge in [0.15, 0.2) is 5.01 Å². The Morgan fingerprint density at radius 2 is 2.29 bits per heavy atom. The summed E-state index contributed by atoms with van der Waals surface area (Å²) in [5.41, 5.74) is 5.14. The second-order valence-corrected chi connectivity index (χ2v) is 7.75. The lowest BCUT2D eigenvalue weighted by atomic mass is 10.0. The van der Waals surface area contributed by atoms with Gasteiger partial charge in [0.05, 0.1) is 10.6 Å². The second-order valence-electron chi connectivity index (χ2n) is 6.72. The fourth-order valence-corrected chi connectivity index (χ4v) is 4.07. The van der Waals surface area contributed by atoms with Gasteiger partial charge < -0.3 is 25.6 Å². The second kappa shape index (κ2) is 6.60. The van der Waals surface area contributed by atoms with Crippen LogP contribution in [0.15, 0.2) is 18.2 Å². The minimum absolute atomic E-state index is 0.0198. The first kappa shape index (κ1) is 18.4. The van der Waals surface area contributed by atoms with Crippen LogP contribution in [0.1, 0.15) is 32.8 Å². The van der Waals surface area contributed by atoms with Gasteiger partial charge in [-0.25, -0.2) is 4.98 Å². The lowest BCUT2D eigenvalue weighted by Gasteiger charge is -2.13. The Morgan fingerprint density at radius 1 is 1.50 bits per heavy atom. The van der Waals surface area contributed by atoms with Crippen molar-refractivity contribution in [3.63, 3.8) is 0 Å². The third-order valence-corrected chi connectivity index (χ3v) is 5.89. The smallest absolute Gasteiger partial charge is 0.277 e. The van der Waals surface area contributed by atoms with E-state index in [0.29, 0.717) is 34.0 Å². The van der Waals surface area contributed by atoms with Crippen LogP contribution in [0.25, 0.3) is 11.3 Å². The average Bonchev–Trinajstić information content (AvgIpc) is 3.20. The molecule has 2 aliphatic rings. The highest BCUT2D eigenvalue weighted by Crippen LogP contribution is 2.41. The largest absolute Gasteiger partial charge is 0.490 e. The van der Waals surface area contributed by atoms with Crippen LogP contribution in [0.5, 0.6) is 5.75 Å². The standard InChI is InChI=1S/C19H17N3O5S/c1-22-7-6-19(26,18(22)25)5-4-10-2-3-13-11(8-10)14-15(12(23)9-27-13)28-17(21-14)16(20)24/h2-3,8,12,23,26H,6-7,9H2,1H3,(H2,20,24)/t12?,19-/m0/s1. The van der Waals surface area contributed by atoms with Crippen molar-refractivity contribution in [2.45, 2.75) is 18.1 Å². The van der Waals surface area contributed by atoms with Gasteiger partial charge in [0.1, 0.15) is 18.5 Å². The molecule has 1 saturated heterocycles. The molecular formula is C19H17N3O5S. The number of aliphatic hydroxyl groups is 2. The molecule has 1 fully saturated rings. The molecule has 0 radical (unpaired) electrons. The summed E-state index contributed by atoms with van der Waals surface area (Å²) in [7, 11) is 1.62. The maximum absolute atomic E-state index is 12.1. The summed E-state index contributed by atoms with van der Waals surface area (Å²) in [6.07, 6.45) is -0.691. The number of hydrogen-bond donors (Lipinski definition) is 3. The molecular weight excluding hydrogens is 382 g/mol. The highest BCUT2D eigenvalue weighted by Gasteiger charge is 2.42. The number of amides is 2. The number of nitrogens with zero attached hydrogens (tertiary/aromatic N) is 2. The summed E-state index contributed by atoms with van der Waals surface area (Å²) in [5.74, 6) is 4.90. The maximum atomic E-state index is 12.1. The van der Waals surface area contributed by atoms with Crippen molar-refractivity contribution < 1.29 is 24.5 Å². The molecule has 2 atom stereocenters. The van der Waals surface area contributed by atoms with E-state index in [-0.39, 0.29) is 18.0 Å². The first-order chi connectivity index (χ1) is 13.3. The van der Waals surface area contributed by atoms with Crippen LogP contribution in [0.3, 0.4) is 0 Å². The summed E-state index contributed by atoms with van der Waals surface area (Å²) < 4.78 is 5.63. The van der Waals surface area contributed by atoms with E-state index in [0.717, 1.165) is 11.3 Å². The van der Waals surface area contributed by atoms with E-state index < -0.39 is 23.5 Å². The topological polar surface area (TPSA) is 126 Å². The molecule has 144 valence electrons. The zero-order valence-electron chi connectivity index (χ0n) is 14.9. The SMILES string of the molecule is CN1CC[C@@](O)(C#Cc2ccc3c(c2)-c2nc(C(N)=O)sc2C(O)CO3)C1=O. The number of likely N-dealkylation sites (N-methyl/N-ethyl adjacent to an activating group) is 1. The molecule has 9 heteroatoms. The molecule has 0 saturated carbocycles. The van der Waals surface area contributed by atoms with Crippen LogP contribution < -0.4 is 10.5 Å². The Balaban J connectivity index is 1.76. The highest BCUT2D eigenvalue weighted by molar-refractivity contribution is 7.14. The molecule has 2 amide bonds. The van der Waals surface area contributed by atoms with Gasteiger partial charge in [-0.2, -0.15) is 0 Å². The fraction of sp³-hybridized carbons (Fsp3) is 0.316. The number of aliphatic hydroxyl groups excluding tert-OH is 1. The van der Waals surface area contributed by atoms with Gasteiger partial charge in [-0.15, -0.1) is 11.3 Å². The zero-order chi connectivity index (χ0) is 20.1. The number of fused-ring (bicyclic) bond motifs is 3. The van der Waals surface area contributed by atoms with E-state index in [1.807, 2.05) is 0 Å². The Kier molecular flexibility index (Phi) is 4.34. The molecule has 0 aliphatic carbocycles. The third kappa shape index (κ3) is 3.01. The molecule has 4 rings (SSSR count). The van der Waals surface area contributed by atoms with Crippen LogP contribution in [0, 0.1) is 11.8 Å². The number of hydrogen-bond acceptors (Lipinski definition) is 7. The molecule has 1 aromatic carbocycles. The van der Waals surface area contributed by atoms with Gasteiger partial charge in [-0.3, -0.25) is 9.59 Å². The third-order valence-electron chi connectivity index (χ3n) is 4.72. The van der Waals surface area contributed by atoms with Crippen molar-refractivity contribution >= 4 is 23.2 Å². The van der Waals surface area contributed by atoms with Crippen LogP contribution >= 0.6 is 11.3 Å². The van der Waals surface area contributed by atoms with Crippen molar-refractivity contribution in [2.75, 3.05) is 20.2 Å². The Morgan fingerprint density at radius 3 is 2.96 bits per heavy atom. The number of primary amides is 1. The number of carbonyl (C=O) groups excluding carboxylic acids is 2. The van der Waals surface area contributed by atoms with E-state index in [9.17, 15) is 19.8 Å². The number of rotatable bonds is 1. The quantitative estimate of drug-likeness (QED) is 0.592. The molecule has 1 aromatic heterocycles. The lowest BCUT2D eigenvalue weighted by Crippen LogP contribution is -2.37. The van der Waals surface area contributed by atoms with E-state index in [1.54, 1.807) is 25.2 Å². The van der Waals surface area contributed by atoms with Gasteiger partial charge in [-0.05, 0) is 18.2 Å². The van der Waals surface area contributed by atoms with Crippen LogP contribution in [-0.4, -0.2) is 57.7 Å². The van der Waals surface area contributed by atoms with Crippen molar-refractivity contribution in [1.82, 2.24) is 9.88 Å². The normalized spacial score (nSPS) is 23.2. The monoisotopic (exact) mass is 399 g/mol. The number of thiazole rings is 1. The van der Waals surface area contributed by atoms with Crippen molar-refractivity contribution in [2.24, 2.45) is 5.73 Å². The van der Waals surface area contributed by atoms with Crippen molar-refractivity contribution in [3.8, 4) is 28.8 Å². The van der Waals surface area contributed by atoms with Gasteiger partial charge in [0, 0.05) is 31.1 Å². The summed E-state index contributed by atoms with van der Waals surface area (Å²) in [6, 6.07) is 5.06. The average molecular weight is 399 g/mol. The number of likely N-dealkylation sites (tertiary alicyclic amines) is 1. The first-order valence-corrected chi connectivity index (χ1v) is 9.37. The fourth-order valence-electron chi connectivity index (χ4n) is 3.16. The predicted molar refractivity (Wildman–Crippen MR) is 101 cm³/mol.